The van der Waals surface area contributed by atoms with E-state index in [2.05, 4.69) is 25.6 Å². The predicted molar refractivity (Wildman–Crippen MR) is 121 cm³/mol. The molecular formula is C21H22N6O5S. The molecule has 33 heavy (non-hydrogen) atoms. The van der Waals surface area contributed by atoms with Gasteiger partial charge in [0.1, 0.15) is 5.69 Å². The molecule has 12 heteroatoms. The number of methoxy groups -OCH3 is 3. The van der Waals surface area contributed by atoms with Crippen molar-refractivity contribution in [1.82, 2.24) is 19.9 Å². The summed E-state index contributed by atoms with van der Waals surface area (Å²) in [5.41, 5.74) is 1.59. The van der Waals surface area contributed by atoms with Crippen molar-refractivity contribution >= 4 is 34.1 Å². The van der Waals surface area contributed by atoms with Crippen molar-refractivity contribution in [3.8, 4) is 17.2 Å². The van der Waals surface area contributed by atoms with E-state index in [0.717, 1.165) is 10.6 Å². The molecule has 3 heterocycles. The fourth-order valence-corrected chi connectivity index (χ4v) is 4.37. The summed E-state index contributed by atoms with van der Waals surface area (Å²) in [6.45, 7) is 0.870. The fraction of sp³-hybridized carbons (Fsp3) is 0.286. The summed E-state index contributed by atoms with van der Waals surface area (Å²) in [5, 5.41) is 6.08. The predicted octanol–water partition coefficient (Wildman–Crippen LogP) is 2.80. The first kappa shape index (κ1) is 22.3. The second kappa shape index (κ2) is 9.69. The summed E-state index contributed by atoms with van der Waals surface area (Å²) < 4.78 is 16.0. The van der Waals surface area contributed by atoms with Crippen molar-refractivity contribution < 1.29 is 23.8 Å². The normalized spacial score (nSPS) is 12.5. The molecule has 2 N–H and O–H groups in total. The fourth-order valence-electron chi connectivity index (χ4n) is 3.36. The van der Waals surface area contributed by atoms with Crippen LogP contribution in [0.1, 0.15) is 21.1 Å². The molecule has 0 saturated carbocycles. The van der Waals surface area contributed by atoms with E-state index < -0.39 is 0 Å². The molecule has 1 aliphatic heterocycles. The van der Waals surface area contributed by atoms with Gasteiger partial charge in [0.25, 0.3) is 5.91 Å². The number of hydrogen-bond acceptors (Lipinski definition) is 9. The third-order valence-electron chi connectivity index (χ3n) is 4.95. The van der Waals surface area contributed by atoms with Gasteiger partial charge in [-0.15, -0.1) is 0 Å². The Balaban J connectivity index is 1.44. The molecule has 0 fully saturated rings. The van der Waals surface area contributed by atoms with Crippen LogP contribution >= 0.6 is 11.3 Å². The molecule has 0 spiro atoms. The number of aromatic nitrogens is 3. The summed E-state index contributed by atoms with van der Waals surface area (Å²) in [6, 6.07) is 3.07. The number of carbonyl (C=O) groups excluding carboxylic acids is 2. The second-order valence-corrected chi connectivity index (χ2v) is 8.03. The minimum absolute atomic E-state index is 0.206. The monoisotopic (exact) mass is 470 g/mol. The summed E-state index contributed by atoms with van der Waals surface area (Å²) in [7, 11) is 4.54. The van der Waals surface area contributed by atoms with Gasteiger partial charge < -0.3 is 24.4 Å². The first-order valence-corrected chi connectivity index (χ1v) is 10.8. The van der Waals surface area contributed by atoms with E-state index in [9.17, 15) is 9.59 Å². The van der Waals surface area contributed by atoms with E-state index in [1.807, 2.05) is 0 Å². The first-order valence-electron chi connectivity index (χ1n) is 9.94. The lowest BCUT2D eigenvalue weighted by atomic mass is 10.2. The second-order valence-electron chi connectivity index (χ2n) is 6.95. The van der Waals surface area contributed by atoms with Crippen LogP contribution in [0.15, 0.2) is 30.7 Å². The quantitative estimate of drug-likeness (QED) is 0.563. The van der Waals surface area contributed by atoms with Crippen LogP contribution in [0.2, 0.25) is 0 Å². The number of nitrogens with one attached hydrogen (secondary N) is 2. The summed E-state index contributed by atoms with van der Waals surface area (Å²) in [6.07, 6.45) is 4.91. The number of urea groups is 1. The lowest BCUT2D eigenvalue weighted by Crippen LogP contribution is -2.38. The lowest BCUT2D eigenvalue weighted by molar-refractivity contribution is 0.102. The van der Waals surface area contributed by atoms with E-state index in [1.165, 1.54) is 51.3 Å². The Bertz CT molecular complexity index is 1140. The average molecular weight is 471 g/mol. The maximum Gasteiger partial charge on any atom is 0.322 e. The highest BCUT2D eigenvalue weighted by molar-refractivity contribution is 7.15. The van der Waals surface area contributed by atoms with Crippen molar-refractivity contribution in [1.29, 1.82) is 0 Å². The highest BCUT2D eigenvalue weighted by atomic mass is 32.1. The summed E-state index contributed by atoms with van der Waals surface area (Å²) >= 11 is 1.33. The molecule has 0 bridgehead atoms. The van der Waals surface area contributed by atoms with Crippen LogP contribution in [0.4, 0.5) is 15.6 Å². The van der Waals surface area contributed by atoms with E-state index in [-0.39, 0.29) is 17.6 Å². The SMILES string of the molecule is COc1cc(NC(=O)N2CCc3nc(NC(=O)c4cnccn4)sc3C2)cc(OC)c1OC. The van der Waals surface area contributed by atoms with Crippen molar-refractivity contribution in [2.24, 2.45) is 0 Å². The van der Waals surface area contributed by atoms with Gasteiger partial charge in [-0.1, -0.05) is 11.3 Å². The molecule has 0 radical (unpaired) electrons. The summed E-state index contributed by atoms with van der Waals surface area (Å²) in [5.74, 6) is 0.950. The molecule has 0 saturated heterocycles. The highest BCUT2D eigenvalue weighted by Gasteiger charge is 2.25. The van der Waals surface area contributed by atoms with Crippen LogP contribution in [-0.2, 0) is 13.0 Å². The number of carbonyl (C=O) groups is 2. The van der Waals surface area contributed by atoms with Crippen LogP contribution in [0, 0.1) is 0 Å². The number of thiazole rings is 1. The zero-order valence-corrected chi connectivity index (χ0v) is 19.1. The number of rotatable bonds is 6. The molecule has 0 atom stereocenters. The Kier molecular flexibility index (Phi) is 6.54. The Morgan fingerprint density at radius 1 is 1.06 bits per heavy atom. The van der Waals surface area contributed by atoms with Gasteiger partial charge in [-0.25, -0.2) is 14.8 Å². The first-order chi connectivity index (χ1) is 16.0. The number of fused-ring (bicyclic) bond motifs is 1. The van der Waals surface area contributed by atoms with Crippen LogP contribution in [0.5, 0.6) is 17.2 Å². The Labute approximate surface area is 193 Å². The molecule has 4 rings (SSSR count). The molecule has 11 nitrogen and oxygen atoms in total. The van der Waals surface area contributed by atoms with Gasteiger partial charge in [0.15, 0.2) is 16.6 Å². The van der Waals surface area contributed by atoms with Gasteiger partial charge >= 0.3 is 6.03 Å². The van der Waals surface area contributed by atoms with E-state index in [4.69, 9.17) is 14.2 Å². The number of ether oxygens (including phenoxy) is 3. The standard InChI is InChI=1S/C21H22N6O5S/c1-30-15-8-12(9-16(31-2)18(15)32-3)24-21(29)27-7-4-13-17(11-27)33-20(25-13)26-19(28)14-10-22-5-6-23-14/h5-6,8-10H,4,7,11H2,1-3H3,(H,24,29)(H,25,26,28). The summed E-state index contributed by atoms with van der Waals surface area (Å²) in [4.78, 5) is 40.2. The van der Waals surface area contributed by atoms with Crippen LogP contribution < -0.4 is 24.8 Å². The molecule has 2 aromatic heterocycles. The third-order valence-corrected chi connectivity index (χ3v) is 5.95. The van der Waals surface area contributed by atoms with Crippen molar-refractivity contribution in [2.75, 3.05) is 38.5 Å². The Morgan fingerprint density at radius 3 is 2.45 bits per heavy atom. The van der Waals surface area contributed by atoms with Gasteiger partial charge in [0.2, 0.25) is 5.75 Å². The zero-order valence-electron chi connectivity index (χ0n) is 18.2. The van der Waals surface area contributed by atoms with Gasteiger partial charge in [-0.2, -0.15) is 0 Å². The van der Waals surface area contributed by atoms with E-state index in [1.54, 1.807) is 17.0 Å². The maximum atomic E-state index is 12.9. The van der Waals surface area contributed by atoms with E-state index in [0.29, 0.717) is 47.6 Å². The molecule has 172 valence electrons. The largest absolute Gasteiger partial charge is 0.493 e. The number of benzene rings is 1. The Hall–Kier alpha value is -3.93. The molecule has 1 aromatic carbocycles. The van der Waals surface area contributed by atoms with Crippen molar-refractivity contribution in [2.45, 2.75) is 13.0 Å². The zero-order chi connectivity index (χ0) is 23.4. The third kappa shape index (κ3) is 4.80. The number of anilines is 2. The minimum atomic E-state index is -0.383. The van der Waals surface area contributed by atoms with Crippen LogP contribution in [0.25, 0.3) is 0 Å². The van der Waals surface area contributed by atoms with Gasteiger partial charge in [0.05, 0.1) is 45.5 Å². The van der Waals surface area contributed by atoms with Crippen LogP contribution in [-0.4, -0.2) is 59.7 Å². The smallest absolute Gasteiger partial charge is 0.322 e. The molecule has 0 unspecified atom stereocenters. The average Bonchev–Trinajstić information content (AvgIpc) is 3.25. The van der Waals surface area contributed by atoms with Crippen LogP contribution in [0.3, 0.4) is 0 Å². The topological polar surface area (TPSA) is 128 Å². The highest BCUT2D eigenvalue weighted by Crippen LogP contribution is 2.40. The molecular weight excluding hydrogens is 448 g/mol. The lowest BCUT2D eigenvalue weighted by Gasteiger charge is -2.26. The molecule has 3 aromatic rings. The van der Waals surface area contributed by atoms with Crippen molar-refractivity contribution in [3.05, 3.63) is 47.0 Å². The molecule has 0 aliphatic carbocycles. The molecule has 1 aliphatic rings. The number of nitrogens with zero attached hydrogens (tertiary/aromatic N) is 4. The van der Waals surface area contributed by atoms with Crippen molar-refractivity contribution in [3.63, 3.8) is 0 Å². The number of hydrogen-bond donors (Lipinski definition) is 2. The number of amides is 3. The maximum absolute atomic E-state index is 12.9. The Morgan fingerprint density at radius 2 is 1.82 bits per heavy atom. The molecule has 3 amide bonds. The van der Waals surface area contributed by atoms with E-state index >= 15 is 0 Å². The van der Waals surface area contributed by atoms with Gasteiger partial charge in [-0.05, 0) is 0 Å². The van der Waals surface area contributed by atoms with Gasteiger partial charge in [-0.3, -0.25) is 15.1 Å². The minimum Gasteiger partial charge on any atom is -0.493 e. The van der Waals surface area contributed by atoms with Gasteiger partial charge in [0, 0.05) is 42.4 Å².